The number of hydrogen-bond acceptors (Lipinski definition) is 2. The van der Waals surface area contributed by atoms with Gasteiger partial charge in [-0.15, -0.1) is 0 Å². The smallest absolute Gasteiger partial charge is 0.0737 e. The van der Waals surface area contributed by atoms with Gasteiger partial charge < -0.3 is 9.97 Å². The fourth-order valence-electron chi connectivity index (χ4n) is 5.37. The van der Waals surface area contributed by atoms with Crippen molar-refractivity contribution < 1.29 is 21.1 Å². The van der Waals surface area contributed by atoms with Gasteiger partial charge in [-0.25, -0.2) is 9.97 Å². The Labute approximate surface area is 255 Å². The Morgan fingerprint density at radius 2 is 0.659 bits per heavy atom. The molecule has 3 aromatic heterocycles. The first-order valence-electron chi connectivity index (χ1n) is 12.8. The Bertz CT molecular complexity index is 1800. The van der Waals surface area contributed by atoms with E-state index < -0.39 is 0 Å². The van der Waals surface area contributed by atoms with Crippen LogP contribution in [0, 0.1) is 0 Å². The number of aromatic amines is 2. The average molecular weight is 714 g/mol. The molecule has 5 rings (SSSR count). The Morgan fingerprint density at radius 1 is 0.390 bits per heavy atom. The van der Waals surface area contributed by atoms with Crippen molar-refractivity contribution in [3.8, 4) is 0 Å². The first-order valence-corrected chi connectivity index (χ1v) is 12.8. The van der Waals surface area contributed by atoms with E-state index in [0.717, 1.165) is 89.4 Å². The maximum Gasteiger partial charge on any atom is 0.0737 e. The van der Waals surface area contributed by atoms with Crippen molar-refractivity contribution >= 4 is 68.7 Å². The first kappa shape index (κ1) is 29.2. The summed E-state index contributed by atoms with van der Waals surface area (Å²) in [6, 6.07) is 8.00. The van der Waals surface area contributed by atoms with Crippen molar-refractivity contribution in [2.24, 2.45) is 0 Å². The summed E-state index contributed by atoms with van der Waals surface area (Å²) >= 11 is 0. The zero-order valence-corrected chi connectivity index (χ0v) is 25.1. The molecule has 0 aliphatic carbocycles. The van der Waals surface area contributed by atoms with Crippen molar-refractivity contribution in [3.63, 3.8) is 0 Å². The zero-order valence-electron chi connectivity index (χ0n) is 22.8. The third kappa shape index (κ3) is 4.67. The molecule has 0 unspecified atom stereocenters. The van der Waals surface area contributed by atoms with Gasteiger partial charge in [-0.2, -0.15) is 0 Å². The summed E-state index contributed by atoms with van der Waals surface area (Å²) in [5.74, 6) is 0. The molecule has 0 saturated carbocycles. The molecule has 3 aromatic rings. The summed E-state index contributed by atoms with van der Waals surface area (Å²) in [5.41, 5.74) is 13.6. The van der Waals surface area contributed by atoms with Gasteiger partial charge in [0.25, 0.3) is 0 Å². The van der Waals surface area contributed by atoms with Crippen LogP contribution in [0.1, 0.15) is 45.0 Å². The summed E-state index contributed by atoms with van der Waals surface area (Å²) in [7, 11) is 0. The number of nitrogens with zero attached hydrogens (tertiary/aromatic N) is 2. The number of hydrogen-bond donors (Lipinski definition) is 2. The van der Waals surface area contributed by atoms with Crippen molar-refractivity contribution in [1.82, 2.24) is 19.9 Å². The molecule has 0 saturated heterocycles. The van der Waals surface area contributed by atoms with Crippen LogP contribution in [-0.4, -0.2) is 19.9 Å². The summed E-state index contributed by atoms with van der Waals surface area (Å²) < 4.78 is 0. The molecule has 4 nitrogen and oxygen atoms in total. The van der Waals surface area contributed by atoms with Crippen LogP contribution < -0.4 is 0 Å². The zero-order chi connectivity index (χ0) is 28.6. The fourth-order valence-corrected chi connectivity index (χ4v) is 5.37. The Morgan fingerprint density at radius 3 is 0.927 bits per heavy atom. The van der Waals surface area contributed by atoms with Gasteiger partial charge in [-0.1, -0.05) is 101 Å². The van der Waals surface area contributed by atoms with Crippen molar-refractivity contribution in [2.45, 2.75) is 0 Å². The van der Waals surface area contributed by atoms with Gasteiger partial charge in [0.05, 0.1) is 22.8 Å². The number of fused-ring (bicyclic) bond motifs is 8. The van der Waals surface area contributed by atoms with E-state index >= 15 is 0 Å². The largest absolute Gasteiger partial charge is 0.354 e. The van der Waals surface area contributed by atoms with Crippen molar-refractivity contribution in [3.05, 3.63) is 146 Å². The maximum atomic E-state index is 4.99. The van der Waals surface area contributed by atoms with Gasteiger partial charge in [0.1, 0.15) is 0 Å². The van der Waals surface area contributed by atoms with Crippen molar-refractivity contribution in [2.75, 3.05) is 0 Å². The van der Waals surface area contributed by atoms with E-state index in [9.17, 15) is 0 Å². The van der Waals surface area contributed by atoms with Crippen LogP contribution in [0.2, 0.25) is 0 Å². The number of allylic oxidation sites excluding steroid dienone is 8. The molecule has 0 spiro atoms. The average Bonchev–Trinajstić information content (AvgIpc) is 3.67. The Hall–Kier alpha value is -4.79. The minimum atomic E-state index is 0. The van der Waals surface area contributed by atoms with Gasteiger partial charge in [-0.3, -0.25) is 0 Å². The number of H-pyrrole nitrogens is 2. The van der Waals surface area contributed by atoms with Crippen LogP contribution in [0.25, 0.3) is 68.7 Å². The SMILES string of the molecule is C=CC1=C(C=C)c2cc3[nH]c(cc4[nH]c(cc5nc(cc1n2)C(C=C)=C5C=C)c(C=C)c4C=C)c(C=C)c3C=C.[Pt]. The molecule has 41 heavy (non-hydrogen) atoms. The number of aromatic nitrogens is 4. The molecule has 2 N–H and O–H groups in total. The second-order valence-corrected chi connectivity index (χ2v) is 9.19. The number of rotatable bonds is 8. The monoisotopic (exact) mass is 713 g/mol. The van der Waals surface area contributed by atoms with Gasteiger partial charge in [-0.05, 0) is 24.3 Å². The number of nitrogens with one attached hydrogen (secondary N) is 2. The second-order valence-electron chi connectivity index (χ2n) is 9.19. The predicted octanol–water partition coefficient (Wildman–Crippen LogP) is 9.45. The Kier molecular flexibility index (Phi) is 8.37. The van der Waals surface area contributed by atoms with E-state index in [1.807, 2.05) is 48.6 Å². The van der Waals surface area contributed by atoms with Gasteiger partial charge >= 0.3 is 0 Å². The summed E-state index contributed by atoms with van der Waals surface area (Å²) in [4.78, 5) is 17.1. The molecule has 8 bridgehead atoms. The Balaban J connectivity index is 0.00000387. The van der Waals surface area contributed by atoms with Crippen LogP contribution in [0.15, 0.2) is 101 Å². The van der Waals surface area contributed by atoms with E-state index in [2.05, 4.69) is 62.6 Å². The molecule has 5 heteroatoms. The molecular formula is C36H30N4Pt. The van der Waals surface area contributed by atoms with E-state index in [1.165, 1.54) is 0 Å². The minimum Gasteiger partial charge on any atom is -0.354 e. The second kappa shape index (κ2) is 11.8. The molecule has 2 aliphatic rings. The molecule has 2 aliphatic heterocycles. The van der Waals surface area contributed by atoms with E-state index in [1.54, 1.807) is 24.3 Å². The van der Waals surface area contributed by atoms with E-state index in [0.29, 0.717) is 0 Å². The molecule has 0 aromatic carbocycles. The first-order chi connectivity index (χ1) is 19.5. The van der Waals surface area contributed by atoms with E-state index in [4.69, 9.17) is 9.97 Å². The van der Waals surface area contributed by atoms with Crippen LogP contribution in [0.5, 0.6) is 0 Å². The third-order valence-corrected chi connectivity index (χ3v) is 7.20. The van der Waals surface area contributed by atoms with Gasteiger partial charge in [0.15, 0.2) is 0 Å². The quantitative estimate of drug-likeness (QED) is 0.245. The van der Waals surface area contributed by atoms with Crippen LogP contribution in [-0.2, 0) is 21.1 Å². The van der Waals surface area contributed by atoms with Gasteiger partial charge in [0.2, 0.25) is 0 Å². The molecule has 5 heterocycles. The van der Waals surface area contributed by atoms with E-state index in [-0.39, 0.29) is 21.1 Å². The predicted molar refractivity (Wildman–Crippen MR) is 176 cm³/mol. The fraction of sp³-hybridized carbons (Fsp3) is 0. The molecule has 0 fully saturated rings. The molecule has 0 radical (unpaired) electrons. The molecule has 0 atom stereocenters. The molecule has 204 valence electrons. The van der Waals surface area contributed by atoms with Crippen molar-refractivity contribution in [1.29, 1.82) is 0 Å². The summed E-state index contributed by atoms with van der Waals surface area (Å²) in [5, 5.41) is 0. The molecule has 0 amide bonds. The maximum absolute atomic E-state index is 4.99. The van der Waals surface area contributed by atoms with Crippen LogP contribution in [0.3, 0.4) is 0 Å². The summed E-state index contributed by atoms with van der Waals surface area (Å²) in [6.07, 6.45) is 14.5. The van der Waals surface area contributed by atoms with Crippen LogP contribution >= 0.6 is 0 Å². The minimum absolute atomic E-state index is 0. The molecular weight excluding hydrogens is 684 g/mol. The topological polar surface area (TPSA) is 57.4 Å². The normalized spacial score (nSPS) is 12.3. The third-order valence-electron chi connectivity index (χ3n) is 7.20. The standard InChI is InChI=1S/C36H30N4.Pt/c1-9-21-22(10-2)30-18-32-25(13-5)26(14-6)34(39-32)20-36-28(16-8)27(15-7)35(40-36)19-33-24(12-4)23(11-3)31(38-33)17-29(21)37-30;/h9-20,37-38H,1-8H2;. The summed E-state index contributed by atoms with van der Waals surface area (Å²) in [6.45, 7) is 32.5. The van der Waals surface area contributed by atoms with Crippen LogP contribution in [0.4, 0.5) is 0 Å². The van der Waals surface area contributed by atoms with Gasteiger partial charge in [0, 0.05) is 87.7 Å².